The Kier molecular flexibility index (Phi) is 7.24. The highest BCUT2D eigenvalue weighted by atomic mass is 35.5. The van der Waals surface area contributed by atoms with E-state index in [-0.39, 0.29) is 11.7 Å². The molecule has 3 heterocycles. The van der Waals surface area contributed by atoms with Crippen molar-refractivity contribution in [2.45, 2.75) is 31.5 Å². The van der Waals surface area contributed by atoms with E-state index in [1.165, 1.54) is 22.8 Å². The second kappa shape index (κ2) is 9.86. The molecule has 0 fully saturated rings. The molecule has 28 heavy (non-hydrogen) atoms. The Morgan fingerprint density at radius 3 is 3.00 bits per heavy atom. The van der Waals surface area contributed by atoms with Crippen LogP contribution in [-0.2, 0) is 17.8 Å². The second-order valence-electron chi connectivity index (χ2n) is 5.96. The van der Waals surface area contributed by atoms with Gasteiger partial charge in [-0.25, -0.2) is 4.98 Å². The lowest BCUT2D eigenvalue weighted by Gasteiger charge is -2.07. The van der Waals surface area contributed by atoms with Gasteiger partial charge in [0.05, 0.1) is 10.8 Å². The molecule has 0 saturated heterocycles. The minimum absolute atomic E-state index is 0.171. The predicted molar refractivity (Wildman–Crippen MR) is 116 cm³/mol. The Balaban J connectivity index is 1.69. The summed E-state index contributed by atoms with van der Waals surface area (Å²) in [6.07, 6.45) is 5.46. The van der Waals surface area contributed by atoms with Crippen molar-refractivity contribution in [1.29, 1.82) is 0 Å². The average molecular weight is 434 g/mol. The van der Waals surface area contributed by atoms with E-state index in [4.69, 9.17) is 11.6 Å². The van der Waals surface area contributed by atoms with Crippen LogP contribution in [0.1, 0.15) is 18.2 Å². The van der Waals surface area contributed by atoms with Crippen LogP contribution in [0.4, 0.5) is 5.82 Å². The zero-order valence-corrected chi connectivity index (χ0v) is 17.8. The topological polar surface area (TPSA) is 72.7 Å². The lowest BCUT2D eigenvalue weighted by molar-refractivity contribution is -0.113. The standard InChI is InChI=1S/C19H20ClN5OS2/c1-3-5-15-9-13(11-27-15)18-23-24-19(25(18)8-4-2)28-12-17(26)22-16-7-6-14(20)10-21-16/h4,6-7,9-11H,2-3,5,8,12H2,1H3,(H,21,22,26). The molecule has 0 aromatic carbocycles. The molecule has 0 bridgehead atoms. The minimum Gasteiger partial charge on any atom is -0.310 e. The van der Waals surface area contributed by atoms with Crippen LogP contribution in [0.15, 0.2) is 47.6 Å². The summed E-state index contributed by atoms with van der Waals surface area (Å²) in [6.45, 7) is 6.56. The van der Waals surface area contributed by atoms with Gasteiger partial charge in [0.25, 0.3) is 0 Å². The van der Waals surface area contributed by atoms with Crippen molar-refractivity contribution in [3.05, 3.63) is 52.3 Å². The molecule has 0 atom stereocenters. The molecule has 1 N–H and O–H groups in total. The van der Waals surface area contributed by atoms with Crippen molar-refractivity contribution in [1.82, 2.24) is 19.7 Å². The zero-order chi connectivity index (χ0) is 19.9. The van der Waals surface area contributed by atoms with Crippen molar-refractivity contribution >= 4 is 46.4 Å². The van der Waals surface area contributed by atoms with E-state index in [0.717, 1.165) is 24.2 Å². The summed E-state index contributed by atoms with van der Waals surface area (Å²) in [5.41, 5.74) is 1.05. The highest BCUT2D eigenvalue weighted by molar-refractivity contribution is 7.99. The number of anilines is 1. The molecule has 6 nitrogen and oxygen atoms in total. The summed E-state index contributed by atoms with van der Waals surface area (Å²) in [4.78, 5) is 17.6. The number of carbonyl (C=O) groups is 1. The molecule has 0 aliphatic rings. The maximum Gasteiger partial charge on any atom is 0.236 e. The van der Waals surface area contributed by atoms with E-state index < -0.39 is 0 Å². The molecule has 0 aliphatic carbocycles. The van der Waals surface area contributed by atoms with E-state index in [1.807, 2.05) is 4.57 Å². The van der Waals surface area contributed by atoms with Gasteiger partial charge >= 0.3 is 0 Å². The lowest BCUT2D eigenvalue weighted by Crippen LogP contribution is -2.15. The van der Waals surface area contributed by atoms with Gasteiger partial charge in [-0.2, -0.15) is 0 Å². The van der Waals surface area contributed by atoms with Crippen LogP contribution >= 0.6 is 34.7 Å². The number of allylic oxidation sites excluding steroid dienone is 1. The van der Waals surface area contributed by atoms with Crippen molar-refractivity contribution in [2.75, 3.05) is 11.1 Å². The monoisotopic (exact) mass is 433 g/mol. The molecule has 0 saturated carbocycles. The lowest BCUT2D eigenvalue weighted by atomic mass is 10.2. The first-order valence-electron chi connectivity index (χ1n) is 8.76. The zero-order valence-electron chi connectivity index (χ0n) is 15.4. The fourth-order valence-electron chi connectivity index (χ4n) is 2.54. The Bertz CT molecular complexity index is 952. The first-order chi connectivity index (χ1) is 13.6. The molecule has 146 valence electrons. The number of nitrogens with zero attached hydrogens (tertiary/aromatic N) is 4. The second-order valence-corrected chi connectivity index (χ2v) is 8.33. The van der Waals surface area contributed by atoms with Crippen molar-refractivity contribution < 1.29 is 4.79 Å². The summed E-state index contributed by atoms with van der Waals surface area (Å²) in [7, 11) is 0. The summed E-state index contributed by atoms with van der Waals surface area (Å²) < 4.78 is 1.98. The molecule has 3 aromatic rings. The van der Waals surface area contributed by atoms with Gasteiger partial charge < -0.3 is 5.32 Å². The van der Waals surface area contributed by atoms with Crippen LogP contribution in [0.25, 0.3) is 11.4 Å². The van der Waals surface area contributed by atoms with Crippen LogP contribution in [-0.4, -0.2) is 31.4 Å². The van der Waals surface area contributed by atoms with Crippen molar-refractivity contribution in [3.63, 3.8) is 0 Å². The van der Waals surface area contributed by atoms with Gasteiger partial charge in [0.1, 0.15) is 5.82 Å². The maximum absolute atomic E-state index is 12.2. The molecular weight excluding hydrogens is 414 g/mol. The maximum atomic E-state index is 12.2. The quantitative estimate of drug-likeness (QED) is 0.383. The average Bonchev–Trinajstić information content (AvgIpc) is 3.29. The van der Waals surface area contributed by atoms with Crippen LogP contribution in [0.3, 0.4) is 0 Å². The van der Waals surface area contributed by atoms with Crippen LogP contribution in [0.2, 0.25) is 5.02 Å². The number of amides is 1. The van der Waals surface area contributed by atoms with Gasteiger partial charge in [-0.15, -0.1) is 28.1 Å². The molecular formula is C19H20ClN5OS2. The first-order valence-corrected chi connectivity index (χ1v) is 11.0. The molecule has 3 rings (SSSR count). The largest absolute Gasteiger partial charge is 0.310 e. The predicted octanol–water partition coefficient (Wildman–Crippen LogP) is 4.92. The van der Waals surface area contributed by atoms with Gasteiger partial charge in [-0.1, -0.05) is 42.8 Å². The Labute approximate surface area is 177 Å². The fourth-order valence-corrected chi connectivity index (χ4v) is 4.37. The van der Waals surface area contributed by atoms with Gasteiger partial charge in [-0.05, 0) is 24.6 Å². The first kappa shape index (κ1) is 20.6. The number of thiophene rings is 1. The summed E-state index contributed by atoms with van der Waals surface area (Å²) in [5, 5.41) is 14.7. The van der Waals surface area contributed by atoms with Crippen LogP contribution in [0, 0.1) is 0 Å². The number of nitrogens with one attached hydrogen (secondary N) is 1. The number of carbonyl (C=O) groups excluding carboxylic acids is 1. The summed E-state index contributed by atoms with van der Waals surface area (Å²) in [5.74, 6) is 1.28. The number of hydrogen-bond acceptors (Lipinski definition) is 6. The van der Waals surface area contributed by atoms with E-state index in [9.17, 15) is 4.79 Å². The summed E-state index contributed by atoms with van der Waals surface area (Å²) in [6, 6.07) is 5.50. The van der Waals surface area contributed by atoms with E-state index >= 15 is 0 Å². The highest BCUT2D eigenvalue weighted by Crippen LogP contribution is 2.28. The van der Waals surface area contributed by atoms with E-state index in [2.05, 4.69) is 45.4 Å². The SMILES string of the molecule is C=CCn1c(SCC(=O)Nc2ccc(Cl)cn2)nnc1-c1csc(CCC)c1. The number of aryl methyl sites for hydroxylation is 1. The Morgan fingerprint density at radius 1 is 1.43 bits per heavy atom. The van der Waals surface area contributed by atoms with Crippen molar-refractivity contribution in [3.8, 4) is 11.4 Å². The molecule has 0 unspecified atom stereocenters. The molecule has 0 radical (unpaired) electrons. The third kappa shape index (κ3) is 5.21. The molecule has 1 amide bonds. The minimum atomic E-state index is -0.171. The fraction of sp³-hybridized carbons (Fsp3) is 0.263. The Morgan fingerprint density at radius 2 is 2.29 bits per heavy atom. The van der Waals surface area contributed by atoms with E-state index in [1.54, 1.807) is 29.5 Å². The number of aromatic nitrogens is 4. The third-order valence-electron chi connectivity index (χ3n) is 3.76. The number of rotatable bonds is 9. The van der Waals surface area contributed by atoms with Gasteiger partial charge in [-0.3, -0.25) is 9.36 Å². The molecule has 0 aliphatic heterocycles. The highest BCUT2D eigenvalue weighted by Gasteiger charge is 2.16. The molecule has 0 spiro atoms. The number of halogens is 1. The van der Waals surface area contributed by atoms with Gasteiger partial charge in [0, 0.05) is 28.6 Å². The van der Waals surface area contributed by atoms with Crippen molar-refractivity contribution in [2.24, 2.45) is 0 Å². The molecule has 9 heteroatoms. The molecule has 3 aromatic heterocycles. The normalized spacial score (nSPS) is 10.8. The smallest absolute Gasteiger partial charge is 0.236 e. The van der Waals surface area contributed by atoms with Crippen LogP contribution in [0.5, 0.6) is 0 Å². The van der Waals surface area contributed by atoms with E-state index in [0.29, 0.717) is 22.5 Å². The third-order valence-corrected chi connectivity index (χ3v) is 5.95. The van der Waals surface area contributed by atoms with Crippen LogP contribution < -0.4 is 5.32 Å². The summed E-state index contributed by atoms with van der Waals surface area (Å²) >= 11 is 8.86. The number of hydrogen-bond donors (Lipinski definition) is 1. The number of thioether (sulfide) groups is 1. The van der Waals surface area contributed by atoms with Gasteiger partial charge in [0.15, 0.2) is 11.0 Å². The Hall–Kier alpha value is -2.16. The number of pyridine rings is 1. The van der Waals surface area contributed by atoms with Gasteiger partial charge in [0.2, 0.25) is 5.91 Å².